The normalized spacial score (nSPS) is 16.7. The molecule has 19 heavy (non-hydrogen) atoms. The number of ether oxygens (including phenoxy) is 1. The summed E-state index contributed by atoms with van der Waals surface area (Å²) in [6.07, 6.45) is 2.18. The summed E-state index contributed by atoms with van der Waals surface area (Å²) in [7, 11) is 0. The van der Waals surface area contributed by atoms with Gasteiger partial charge in [0.15, 0.2) is 0 Å². The van der Waals surface area contributed by atoms with Crippen LogP contribution >= 0.6 is 0 Å². The first kappa shape index (κ1) is 14.4. The number of esters is 2. The molecule has 0 radical (unpaired) electrons. The Balaban J connectivity index is 3.63. The average Bonchev–Trinajstić information content (AvgIpc) is 2.57. The maximum atomic E-state index is 11.5. The predicted octanol–water partition coefficient (Wildman–Crippen LogP) is 0.428. The Morgan fingerprint density at radius 3 is 1.42 bits per heavy atom. The Bertz CT molecular complexity index is 525. The number of allylic oxidation sites excluding steroid dienone is 2. The van der Waals surface area contributed by atoms with E-state index < -0.39 is 46.2 Å². The first-order valence-corrected chi connectivity index (χ1v) is 5.15. The van der Waals surface area contributed by atoms with Crippen LogP contribution in [-0.2, 0) is 23.9 Å². The number of carbonyl (C=O) groups excluding carboxylic acids is 2. The number of rotatable bonds is 4. The van der Waals surface area contributed by atoms with Crippen LogP contribution in [0.25, 0.3) is 0 Å². The van der Waals surface area contributed by atoms with Crippen LogP contribution in [0.5, 0.6) is 0 Å². The zero-order valence-electron chi connectivity index (χ0n) is 10.1. The molecule has 0 aliphatic carbocycles. The van der Waals surface area contributed by atoms with Crippen LogP contribution in [0.4, 0.5) is 0 Å². The number of carbonyl (C=O) groups is 4. The van der Waals surface area contributed by atoms with E-state index in [-0.39, 0.29) is 0 Å². The van der Waals surface area contributed by atoms with Gasteiger partial charge in [0.25, 0.3) is 0 Å². The summed E-state index contributed by atoms with van der Waals surface area (Å²) >= 11 is 0. The summed E-state index contributed by atoms with van der Waals surface area (Å²) in [5.41, 5.74) is -2.05. The number of carboxylic acids is 2. The van der Waals surface area contributed by atoms with Gasteiger partial charge in [0, 0.05) is 0 Å². The molecule has 0 aromatic heterocycles. The van der Waals surface area contributed by atoms with E-state index in [9.17, 15) is 19.2 Å². The van der Waals surface area contributed by atoms with Gasteiger partial charge in [0.05, 0.1) is 22.3 Å². The third kappa shape index (κ3) is 2.44. The van der Waals surface area contributed by atoms with Crippen molar-refractivity contribution in [2.75, 3.05) is 0 Å². The molecule has 0 saturated carbocycles. The first-order valence-electron chi connectivity index (χ1n) is 5.15. The molecule has 2 N–H and O–H groups in total. The van der Waals surface area contributed by atoms with E-state index in [0.717, 1.165) is 12.2 Å². The average molecular weight is 266 g/mol. The van der Waals surface area contributed by atoms with Gasteiger partial charge < -0.3 is 14.9 Å². The lowest BCUT2D eigenvalue weighted by atomic mass is 9.96. The molecule has 7 heteroatoms. The molecule has 0 aromatic carbocycles. The minimum atomic E-state index is -1.46. The molecule has 1 heterocycles. The van der Waals surface area contributed by atoms with Crippen LogP contribution in [0, 0.1) is 0 Å². The molecule has 1 aliphatic rings. The van der Waals surface area contributed by atoms with Gasteiger partial charge in [-0.25, -0.2) is 19.2 Å². The van der Waals surface area contributed by atoms with Crippen molar-refractivity contribution in [2.45, 2.75) is 13.8 Å². The Hall–Kier alpha value is -2.70. The lowest BCUT2D eigenvalue weighted by molar-refractivity contribution is -0.151. The lowest BCUT2D eigenvalue weighted by Crippen LogP contribution is -2.12. The maximum Gasteiger partial charge on any atom is 0.347 e. The molecule has 0 fully saturated rings. The van der Waals surface area contributed by atoms with Crippen LogP contribution in [0.1, 0.15) is 13.8 Å². The quantitative estimate of drug-likeness (QED) is 0.430. The van der Waals surface area contributed by atoms with E-state index in [1.807, 2.05) is 0 Å². The molecule has 0 spiro atoms. The fourth-order valence-electron chi connectivity index (χ4n) is 1.63. The molecule has 0 amide bonds. The van der Waals surface area contributed by atoms with Gasteiger partial charge in [0.2, 0.25) is 0 Å². The summed E-state index contributed by atoms with van der Waals surface area (Å²) in [5.74, 6) is -5.25. The molecular weight excluding hydrogens is 256 g/mol. The van der Waals surface area contributed by atoms with Gasteiger partial charge in [-0.15, -0.1) is 0 Å². The summed E-state index contributed by atoms with van der Waals surface area (Å²) in [6.45, 7) is 2.69. The van der Waals surface area contributed by atoms with Crippen molar-refractivity contribution in [3.63, 3.8) is 0 Å². The molecular formula is C12H10O7. The van der Waals surface area contributed by atoms with Crippen molar-refractivity contribution in [3.8, 4) is 0 Å². The monoisotopic (exact) mass is 266 g/mol. The van der Waals surface area contributed by atoms with Crippen LogP contribution in [0.3, 0.4) is 0 Å². The Kier molecular flexibility index (Phi) is 4.00. The molecule has 1 aliphatic heterocycles. The Labute approximate surface area is 107 Å². The maximum absolute atomic E-state index is 11.5. The molecule has 7 nitrogen and oxygen atoms in total. The lowest BCUT2D eigenvalue weighted by Gasteiger charge is -2.03. The third-order valence-corrected chi connectivity index (χ3v) is 2.42. The topological polar surface area (TPSA) is 118 Å². The number of carboxylic acid groups (broad SMARTS) is 2. The van der Waals surface area contributed by atoms with Gasteiger partial charge in [-0.3, -0.25) is 0 Å². The first-order chi connectivity index (χ1) is 8.84. The van der Waals surface area contributed by atoms with Crippen molar-refractivity contribution in [2.24, 2.45) is 0 Å². The number of cyclic esters (lactones) is 2. The van der Waals surface area contributed by atoms with E-state index in [4.69, 9.17) is 10.2 Å². The van der Waals surface area contributed by atoms with Crippen LogP contribution in [0.15, 0.2) is 34.4 Å². The molecule has 0 bridgehead atoms. The minimum absolute atomic E-state index is 0.480. The predicted molar refractivity (Wildman–Crippen MR) is 60.9 cm³/mol. The smallest absolute Gasteiger partial charge is 0.347 e. The molecule has 1 rings (SSSR count). The number of hydrogen-bond acceptors (Lipinski definition) is 5. The number of hydrogen-bond donors (Lipinski definition) is 2. The molecule has 0 unspecified atom stereocenters. The van der Waals surface area contributed by atoms with Crippen molar-refractivity contribution in [3.05, 3.63) is 34.4 Å². The van der Waals surface area contributed by atoms with Crippen molar-refractivity contribution >= 4 is 23.9 Å². The van der Waals surface area contributed by atoms with E-state index in [1.165, 1.54) is 13.8 Å². The highest BCUT2D eigenvalue weighted by Gasteiger charge is 2.40. The summed E-state index contributed by atoms with van der Waals surface area (Å²) in [5, 5.41) is 17.9. The van der Waals surface area contributed by atoms with Gasteiger partial charge in [0.1, 0.15) is 0 Å². The van der Waals surface area contributed by atoms with Crippen molar-refractivity contribution < 1.29 is 34.1 Å². The fraction of sp³-hybridized carbons (Fsp3) is 0.167. The second-order valence-electron chi connectivity index (χ2n) is 3.44. The second-order valence-corrected chi connectivity index (χ2v) is 3.44. The van der Waals surface area contributed by atoms with E-state index in [1.54, 1.807) is 0 Å². The zero-order chi connectivity index (χ0) is 14.7. The van der Waals surface area contributed by atoms with Gasteiger partial charge in [-0.2, -0.15) is 0 Å². The van der Waals surface area contributed by atoms with E-state index in [0.29, 0.717) is 0 Å². The van der Waals surface area contributed by atoms with Crippen molar-refractivity contribution in [1.82, 2.24) is 0 Å². The standard InChI is InChI=1S/C12H10O7/c1-3-5(9(13)14)7-8(6(4-2)10(15)16)12(18)19-11(7)17/h3-4H,1-2H3,(H,13,14)(H,15,16)/b5-3-,6-4-. The SMILES string of the molecule is C/C=C(\C(=O)O)C1=C(/C(=C/C)C(=O)O)C(=O)OC1=O. The molecule has 100 valence electrons. The summed E-state index contributed by atoms with van der Waals surface area (Å²) in [6, 6.07) is 0. The van der Waals surface area contributed by atoms with E-state index >= 15 is 0 Å². The highest BCUT2D eigenvalue weighted by molar-refractivity contribution is 6.24. The highest BCUT2D eigenvalue weighted by Crippen LogP contribution is 2.29. The summed E-state index contributed by atoms with van der Waals surface area (Å²) < 4.78 is 4.29. The minimum Gasteiger partial charge on any atom is -0.478 e. The third-order valence-electron chi connectivity index (χ3n) is 2.42. The Morgan fingerprint density at radius 1 is 0.895 bits per heavy atom. The van der Waals surface area contributed by atoms with Crippen LogP contribution in [-0.4, -0.2) is 34.1 Å². The highest BCUT2D eigenvalue weighted by atomic mass is 16.6. The van der Waals surface area contributed by atoms with E-state index in [2.05, 4.69) is 4.74 Å². The Morgan fingerprint density at radius 2 is 1.21 bits per heavy atom. The fourth-order valence-corrected chi connectivity index (χ4v) is 1.63. The largest absolute Gasteiger partial charge is 0.478 e. The second kappa shape index (κ2) is 5.30. The summed E-state index contributed by atoms with van der Waals surface area (Å²) in [4.78, 5) is 45.1. The van der Waals surface area contributed by atoms with Crippen molar-refractivity contribution in [1.29, 1.82) is 0 Å². The molecule has 0 aromatic rings. The van der Waals surface area contributed by atoms with Gasteiger partial charge >= 0.3 is 23.9 Å². The molecule has 0 saturated heterocycles. The zero-order valence-corrected chi connectivity index (χ0v) is 10.1. The van der Waals surface area contributed by atoms with Crippen LogP contribution < -0.4 is 0 Å². The number of aliphatic carboxylic acids is 2. The van der Waals surface area contributed by atoms with Gasteiger partial charge in [-0.1, -0.05) is 12.2 Å². The molecule has 0 atom stereocenters. The van der Waals surface area contributed by atoms with Crippen LogP contribution in [0.2, 0.25) is 0 Å². The van der Waals surface area contributed by atoms with Gasteiger partial charge in [-0.05, 0) is 13.8 Å².